The van der Waals surface area contributed by atoms with Gasteiger partial charge in [-0.1, -0.05) is 20.8 Å². The fraction of sp³-hybridized carbons (Fsp3) is 0.600. The molecule has 0 heterocycles. The van der Waals surface area contributed by atoms with E-state index in [0.29, 0.717) is 23.5 Å². The van der Waals surface area contributed by atoms with Gasteiger partial charge in [0, 0.05) is 11.6 Å². The van der Waals surface area contributed by atoms with Crippen LogP contribution in [0, 0.1) is 5.41 Å². The van der Waals surface area contributed by atoms with Crippen molar-refractivity contribution in [3.8, 4) is 11.5 Å². The second-order valence-corrected chi connectivity index (χ2v) is 5.83. The highest BCUT2D eigenvalue weighted by atomic mass is 35.5. The van der Waals surface area contributed by atoms with Gasteiger partial charge in [0.15, 0.2) is 0 Å². The zero-order valence-electron chi connectivity index (χ0n) is 12.8. The summed E-state index contributed by atoms with van der Waals surface area (Å²) < 4.78 is 10.5. The maximum absolute atomic E-state index is 10.4. The average Bonchev–Trinajstić information content (AvgIpc) is 2.36. The second-order valence-electron chi connectivity index (χ2n) is 5.83. The summed E-state index contributed by atoms with van der Waals surface area (Å²) in [5, 5.41) is 10.4. The van der Waals surface area contributed by atoms with Crippen LogP contribution in [-0.2, 0) is 0 Å². The molecule has 0 aromatic heterocycles. The highest BCUT2D eigenvalue weighted by molar-refractivity contribution is 5.85. The number of nitrogens with two attached hydrogens (primary N) is 1. The van der Waals surface area contributed by atoms with Crippen molar-refractivity contribution in [2.75, 3.05) is 14.2 Å². The lowest BCUT2D eigenvalue weighted by Crippen LogP contribution is -2.36. The molecule has 1 rings (SSSR count). The van der Waals surface area contributed by atoms with Gasteiger partial charge in [-0.15, -0.1) is 12.4 Å². The molecule has 0 unspecified atom stereocenters. The predicted octanol–water partition coefficient (Wildman–Crippen LogP) is 2.92. The fourth-order valence-corrected chi connectivity index (χ4v) is 1.82. The van der Waals surface area contributed by atoms with Crippen LogP contribution in [0.5, 0.6) is 11.5 Å². The van der Waals surface area contributed by atoms with E-state index in [1.807, 2.05) is 0 Å². The van der Waals surface area contributed by atoms with E-state index in [4.69, 9.17) is 15.2 Å². The topological polar surface area (TPSA) is 64.7 Å². The van der Waals surface area contributed by atoms with Crippen molar-refractivity contribution in [2.45, 2.75) is 39.3 Å². The van der Waals surface area contributed by atoms with Crippen LogP contribution in [0.2, 0.25) is 0 Å². The zero-order chi connectivity index (χ0) is 14.6. The predicted molar refractivity (Wildman–Crippen MR) is 83.8 cm³/mol. The molecule has 2 atom stereocenters. The summed E-state index contributed by atoms with van der Waals surface area (Å²) in [6.45, 7) is 6.19. The molecule has 5 heteroatoms. The fourth-order valence-electron chi connectivity index (χ4n) is 1.82. The van der Waals surface area contributed by atoms with E-state index in [0.717, 1.165) is 0 Å². The molecule has 116 valence electrons. The number of aliphatic hydroxyl groups excluding tert-OH is 1. The van der Waals surface area contributed by atoms with Gasteiger partial charge in [-0.2, -0.15) is 0 Å². The molecule has 0 fully saturated rings. The summed E-state index contributed by atoms with van der Waals surface area (Å²) >= 11 is 0. The Morgan fingerprint density at radius 2 is 1.80 bits per heavy atom. The molecular formula is C15H26ClNO3. The Balaban J connectivity index is 0.00000361. The minimum Gasteiger partial charge on any atom is -0.497 e. The van der Waals surface area contributed by atoms with E-state index < -0.39 is 6.10 Å². The standard InChI is InChI=1S/C15H25NO3.ClH/c1-15(2,3)14(16)9-12(17)11-8-10(18-4)6-7-13(11)19-5;/h6-8,12,14,17H,9,16H2,1-5H3;1H/t12-,14+;/m1./s1. The summed E-state index contributed by atoms with van der Waals surface area (Å²) in [5.41, 5.74) is 6.78. The van der Waals surface area contributed by atoms with Gasteiger partial charge in [0.25, 0.3) is 0 Å². The van der Waals surface area contributed by atoms with E-state index in [1.54, 1.807) is 32.4 Å². The molecule has 0 radical (unpaired) electrons. The van der Waals surface area contributed by atoms with Crippen LogP contribution in [-0.4, -0.2) is 25.4 Å². The Morgan fingerprint density at radius 1 is 1.20 bits per heavy atom. The van der Waals surface area contributed by atoms with Crippen molar-refractivity contribution in [1.29, 1.82) is 0 Å². The van der Waals surface area contributed by atoms with E-state index in [-0.39, 0.29) is 23.9 Å². The Hall–Kier alpha value is -0.970. The molecule has 0 aliphatic heterocycles. The summed E-state index contributed by atoms with van der Waals surface area (Å²) in [4.78, 5) is 0. The van der Waals surface area contributed by atoms with Crippen LogP contribution in [0.3, 0.4) is 0 Å². The Morgan fingerprint density at radius 3 is 2.25 bits per heavy atom. The summed E-state index contributed by atoms with van der Waals surface area (Å²) in [6, 6.07) is 5.29. The van der Waals surface area contributed by atoms with Gasteiger partial charge in [0.2, 0.25) is 0 Å². The van der Waals surface area contributed by atoms with Gasteiger partial charge in [-0.05, 0) is 30.0 Å². The van der Waals surface area contributed by atoms with Gasteiger partial charge in [-0.25, -0.2) is 0 Å². The number of hydrogen-bond acceptors (Lipinski definition) is 4. The normalized spacial score (nSPS) is 14.2. The number of methoxy groups -OCH3 is 2. The molecule has 0 amide bonds. The van der Waals surface area contributed by atoms with Crippen LogP contribution in [0.15, 0.2) is 18.2 Å². The minimum absolute atomic E-state index is 0. The number of hydrogen-bond donors (Lipinski definition) is 2. The molecule has 4 nitrogen and oxygen atoms in total. The molecule has 0 bridgehead atoms. The van der Waals surface area contributed by atoms with Crippen LogP contribution in [0.4, 0.5) is 0 Å². The molecule has 1 aromatic rings. The van der Waals surface area contributed by atoms with E-state index in [1.165, 1.54) is 0 Å². The smallest absolute Gasteiger partial charge is 0.124 e. The van der Waals surface area contributed by atoms with Crippen molar-refractivity contribution in [2.24, 2.45) is 11.1 Å². The van der Waals surface area contributed by atoms with E-state index >= 15 is 0 Å². The van der Waals surface area contributed by atoms with Crippen molar-refractivity contribution in [3.63, 3.8) is 0 Å². The minimum atomic E-state index is -0.667. The summed E-state index contributed by atoms with van der Waals surface area (Å²) in [6.07, 6.45) is -0.188. The lowest BCUT2D eigenvalue weighted by Gasteiger charge is -2.29. The van der Waals surface area contributed by atoms with Crippen molar-refractivity contribution in [1.82, 2.24) is 0 Å². The maximum atomic E-state index is 10.4. The zero-order valence-corrected chi connectivity index (χ0v) is 13.7. The van der Waals surface area contributed by atoms with Gasteiger partial charge in [-0.3, -0.25) is 0 Å². The SMILES string of the molecule is COc1ccc(OC)c([C@H](O)C[C@H](N)C(C)(C)C)c1.Cl. The molecule has 20 heavy (non-hydrogen) atoms. The Kier molecular flexibility index (Phi) is 7.34. The summed E-state index contributed by atoms with van der Waals surface area (Å²) in [7, 11) is 3.18. The van der Waals surface area contributed by atoms with E-state index in [2.05, 4.69) is 20.8 Å². The van der Waals surface area contributed by atoms with Crippen LogP contribution < -0.4 is 15.2 Å². The molecular weight excluding hydrogens is 278 g/mol. The number of halogens is 1. The lowest BCUT2D eigenvalue weighted by molar-refractivity contribution is 0.130. The Labute approximate surface area is 127 Å². The quantitative estimate of drug-likeness (QED) is 0.878. The van der Waals surface area contributed by atoms with Crippen LogP contribution >= 0.6 is 12.4 Å². The first kappa shape index (κ1) is 19.0. The average molecular weight is 304 g/mol. The van der Waals surface area contributed by atoms with E-state index in [9.17, 15) is 5.11 Å². The highest BCUT2D eigenvalue weighted by Gasteiger charge is 2.25. The number of aliphatic hydroxyl groups is 1. The van der Waals surface area contributed by atoms with Crippen molar-refractivity contribution in [3.05, 3.63) is 23.8 Å². The van der Waals surface area contributed by atoms with Gasteiger partial charge < -0.3 is 20.3 Å². The number of benzene rings is 1. The molecule has 0 saturated carbocycles. The van der Waals surface area contributed by atoms with Crippen LogP contribution in [0.1, 0.15) is 38.9 Å². The molecule has 1 aromatic carbocycles. The Bertz CT molecular complexity index is 418. The molecule has 0 aliphatic carbocycles. The number of ether oxygens (including phenoxy) is 2. The van der Waals surface area contributed by atoms with Crippen molar-refractivity contribution < 1.29 is 14.6 Å². The molecule has 0 saturated heterocycles. The first-order chi connectivity index (χ1) is 8.79. The van der Waals surface area contributed by atoms with Gasteiger partial charge >= 0.3 is 0 Å². The molecule has 3 N–H and O–H groups in total. The van der Waals surface area contributed by atoms with Crippen molar-refractivity contribution >= 4 is 12.4 Å². The maximum Gasteiger partial charge on any atom is 0.124 e. The third-order valence-electron chi connectivity index (χ3n) is 3.39. The largest absolute Gasteiger partial charge is 0.497 e. The third-order valence-corrected chi connectivity index (χ3v) is 3.39. The monoisotopic (exact) mass is 303 g/mol. The first-order valence-corrected chi connectivity index (χ1v) is 6.45. The first-order valence-electron chi connectivity index (χ1n) is 6.45. The van der Waals surface area contributed by atoms with Gasteiger partial charge in [0.05, 0.1) is 20.3 Å². The molecule has 0 aliphatic rings. The lowest BCUT2D eigenvalue weighted by atomic mass is 9.83. The summed E-state index contributed by atoms with van der Waals surface area (Å²) in [5.74, 6) is 1.34. The molecule has 0 spiro atoms. The van der Waals surface area contributed by atoms with Crippen LogP contribution in [0.25, 0.3) is 0 Å². The second kappa shape index (κ2) is 7.72. The highest BCUT2D eigenvalue weighted by Crippen LogP contribution is 2.33. The third kappa shape index (κ3) is 4.85. The number of rotatable bonds is 5. The van der Waals surface area contributed by atoms with Gasteiger partial charge in [0.1, 0.15) is 11.5 Å².